The van der Waals surface area contributed by atoms with E-state index in [1.165, 1.54) is 5.56 Å². The molecule has 1 N–H and O–H groups in total. The number of aryl methyl sites for hydroxylation is 1. The van der Waals surface area contributed by atoms with E-state index in [-0.39, 0.29) is 18.1 Å². The summed E-state index contributed by atoms with van der Waals surface area (Å²) in [5.74, 6) is 0. The highest BCUT2D eigenvalue weighted by Gasteiger charge is 2.40. The van der Waals surface area contributed by atoms with Crippen molar-refractivity contribution in [3.63, 3.8) is 0 Å². The Hall–Kier alpha value is -0.380. The lowest BCUT2D eigenvalue weighted by Crippen LogP contribution is -2.33. The molecule has 1 fully saturated rings. The zero-order chi connectivity index (χ0) is 10.7. The molecule has 1 aromatic heterocycles. The summed E-state index contributed by atoms with van der Waals surface area (Å²) in [5, 5.41) is 13.8. The van der Waals surface area contributed by atoms with E-state index in [4.69, 9.17) is 4.74 Å². The van der Waals surface area contributed by atoms with Gasteiger partial charge in [-0.1, -0.05) is 0 Å². The maximum absolute atomic E-state index is 9.54. The van der Waals surface area contributed by atoms with Crippen LogP contribution in [0.4, 0.5) is 0 Å². The predicted octanol–water partition coefficient (Wildman–Crippen LogP) is 2.47. The van der Waals surface area contributed by atoms with Crippen molar-refractivity contribution in [1.29, 1.82) is 0 Å². The molecule has 0 radical (unpaired) electrons. The number of ether oxygens (including phenoxy) is 1. The van der Waals surface area contributed by atoms with Crippen molar-refractivity contribution in [2.75, 3.05) is 13.2 Å². The average molecular weight is 226 g/mol. The molecule has 2 atom stereocenters. The van der Waals surface area contributed by atoms with Gasteiger partial charge in [0.15, 0.2) is 0 Å². The van der Waals surface area contributed by atoms with Crippen LogP contribution in [0.5, 0.6) is 0 Å². The molecule has 2 unspecified atom stereocenters. The average Bonchev–Trinajstić information content (AvgIpc) is 2.85. The minimum Gasteiger partial charge on any atom is -0.396 e. The smallest absolute Gasteiger partial charge is 0.0626 e. The molecule has 0 aliphatic carbocycles. The Bertz CT molecular complexity index is 297. The molecule has 84 valence electrons. The van der Waals surface area contributed by atoms with Gasteiger partial charge < -0.3 is 9.84 Å². The van der Waals surface area contributed by atoms with Gasteiger partial charge in [0.25, 0.3) is 0 Å². The first-order valence-electron chi connectivity index (χ1n) is 5.50. The Labute approximate surface area is 94.9 Å². The van der Waals surface area contributed by atoms with Crippen molar-refractivity contribution < 1.29 is 9.84 Å². The Morgan fingerprint density at radius 3 is 3.07 bits per heavy atom. The third kappa shape index (κ3) is 2.25. The molecule has 0 spiro atoms. The highest BCUT2D eigenvalue weighted by atomic mass is 32.1. The molecular weight excluding hydrogens is 208 g/mol. The molecule has 3 heteroatoms. The summed E-state index contributed by atoms with van der Waals surface area (Å²) in [6, 6.07) is 2.16. The van der Waals surface area contributed by atoms with Gasteiger partial charge in [-0.05, 0) is 48.6 Å². The van der Waals surface area contributed by atoms with Gasteiger partial charge in [0.2, 0.25) is 0 Å². The fraction of sp³-hybridized carbons (Fsp3) is 0.667. The summed E-state index contributed by atoms with van der Waals surface area (Å²) >= 11 is 1.74. The molecule has 1 aliphatic rings. The first kappa shape index (κ1) is 11.1. The van der Waals surface area contributed by atoms with E-state index in [0.29, 0.717) is 0 Å². The second kappa shape index (κ2) is 4.64. The van der Waals surface area contributed by atoms with E-state index in [0.717, 1.165) is 25.9 Å². The number of aliphatic hydroxyl groups is 1. The van der Waals surface area contributed by atoms with Crippen molar-refractivity contribution in [1.82, 2.24) is 0 Å². The van der Waals surface area contributed by atoms with Crippen molar-refractivity contribution in [2.45, 2.75) is 32.3 Å². The van der Waals surface area contributed by atoms with Crippen LogP contribution in [0.1, 0.15) is 25.3 Å². The van der Waals surface area contributed by atoms with Crippen molar-refractivity contribution in [3.8, 4) is 0 Å². The molecule has 1 aliphatic heterocycles. The number of aliphatic hydroxyl groups excluding tert-OH is 1. The van der Waals surface area contributed by atoms with Crippen LogP contribution in [0.2, 0.25) is 0 Å². The molecule has 0 saturated carbocycles. The molecule has 2 heterocycles. The number of rotatable bonds is 4. The van der Waals surface area contributed by atoms with E-state index in [1.54, 1.807) is 11.3 Å². The number of hydrogen-bond acceptors (Lipinski definition) is 3. The maximum Gasteiger partial charge on any atom is 0.0626 e. The fourth-order valence-corrected chi connectivity index (χ4v) is 2.97. The normalized spacial score (nSPS) is 30.9. The van der Waals surface area contributed by atoms with E-state index in [1.807, 2.05) is 0 Å². The molecular formula is C12H18O2S. The lowest BCUT2D eigenvalue weighted by Gasteiger charge is -2.29. The van der Waals surface area contributed by atoms with Crippen LogP contribution in [-0.2, 0) is 11.2 Å². The van der Waals surface area contributed by atoms with E-state index in [9.17, 15) is 5.11 Å². The van der Waals surface area contributed by atoms with Crippen LogP contribution >= 0.6 is 11.3 Å². The fourth-order valence-electron chi connectivity index (χ4n) is 2.26. The third-order valence-corrected chi connectivity index (χ3v) is 4.37. The first-order valence-corrected chi connectivity index (χ1v) is 6.45. The van der Waals surface area contributed by atoms with Crippen molar-refractivity contribution in [2.24, 2.45) is 5.41 Å². The zero-order valence-corrected chi connectivity index (χ0v) is 9.93. The standard InChI is InChI=1S/C12H18O2S/c1-10-12(9-13,5-6-14-10)4-2-11-3-7-15-8-11/h3,7-8,10,13H,2,4-6,9H2,1H3. The lowest BCUT2D eigenvalue weighted by molar-refractivity contribution is 0.0220. The first-order chi connectivity index (χ1) is 7.27. The van der Waals surface area contributed by atoms with Crippen molar-refractivity contribution in [3.05, 3.63) is 22.4 Å². The zero-order valence-electron chi connectivity index (χ0n) is 9.11. The van der Waals surface area contributed by atoms with E-state index >= 15 is 0 Å². The SMILES string of the molecule is CC1OCCC1(CO)CCc1ccsc1. The van der Waals surface area contributed by atoms with Gasteiger partial charge in [0, 0.05) is 12.0 Å². The summed E-state index contributed by atoms with van der Waals surface area (Å²) in [4.78, 5) is 0. The second-order valence-corrected chi connectivity index (χ2v) is 5.20. The van der Waals surface area contributed by atoms with E-state index < -0.39 is 0 Å². The highest BCUT2D eigenvalue weighted by Crippen LogP contribution is 2.38. The second-order valence-electron chi connectivity index (χ2n) is 4.42. The maximum atomic E-state index is 9.54. The Morgan fingerprint density at radius 2 is 2.53 bits per heavy atom. The molecule has 0 bridgehead atoms. The summed E-state index contributed by atoms with van der Waals surface area (Å²) < 4.78 is 5.57. The topological polar surface area (TPSA) is 29.5 Å². The number of hydrogen-bond donors (Lipinski definition) is 1. The highest BCUT2D eigenvalue weighted by molar-refractivity contribution is 7.07. The minimum atomic E-state index is 0.00192. The van der Waals surface area contributed by atoms with Crippen LogP contribution in [0, 0.1) is 5.41 Å². The molecule has 0 amide bonds. The summed E-state index contributed by atoms with van der Waals surface area (Å²) in [6.45, 7) is 3.13. The van der Waals surface area contributed by atoms with Gasteiger partial charge in [-0.15, -0.1) is 0 Å². The predicted molar refractivity (Wildman–Crippen MR) is 62.2 cm³/mol. The van der Waals surface area contributed by atoms with Gasteiger partial charge in [-0.2, -0.15) is 11.3 Å². The quantitative estimate of drug-likeness (QED) is 0.854. The Balaban J connectivity index is 1.96. The lowest BCUT2D eigenvalue weighted by atomic mass is 9.78. The van der Waals surface area contributed by atoms with Gasteiger partial charge in [0.1, 0.15) is 0 Å². The van der Waals surface area contributed by atoms with Crippen LogP contribution < -0.4 is 0 Å². The van der Waals surface area contributed by atoms with Gasteiger partial charge in [-0.3, -0.25) is 0 Å². The molecule has 15 heavy (non-hydrogen) atoms. The minimum absolute atomic E-state index is 0.00192. The van der Waals surface area contributed by atoms with Crippen LogP contribution in [0.25, 0.3) is 0 Å². The number of thiophene rings is 1. The molecule has 1 aromatic rings. The molecule has 2 rings (SSSR count). The van der Waals surface area contributed by atoms with Gasteiger partial charge >= 0.3 is 0 Å². The summed E-state index contributed by atoms with van der Waals surface area (Å²) in [7, 11) is 0. The summed E-state index contributed by atoms with van der Waals surface area (Å²) in [6.07, 6.45) is 3.27. The Morgan fingerprint density at radius 1 is 1.67 bits per heavy atom. The molecule has 1 saturated heterocycles. The van der Waals surface area contributed by atoms with Crippen molar-refractivity contribution >= 4 is 11.3 Å². The van der Waals surface area contributed by atoms with Gasteiger partial charge in [-0.25, -0.2) is 0 Å². The van der Waals surface area contributed by atoms with E-state index in [2.05, 4.69) is 23.8 Å². The summed E-state index contributed by atoms with van der Waals surface area (Å²) in [5.41, 5.74) is 1.38. The molecule has 2 nitrogen and oxygen atoms in total. The van der Waals surface area contributed by atoms with Crippen LogP contribution in [0.3, 0.4) is 0 Å². The molecule has 0 aromatic carbocycles. The largest absolute Gasteiger partial charge is 0.396 e. The van der Waals surface area contributed by atoms with Crippen LogP contribution in [0.15, 0.2) is 16.8 Å². The monoisotopic (exact) mass is 226 g/mol. The third-order valence-electron chi connectivity index (χ3n) is 3.64. The Kier molecular flexibility index (Phi) is 3.44. The van der Waals surface area contributed by atoms with Crippen LogP contribution in [-0.4, -0.2) is 24.4 Å². The van der Waals surface area contributed by atoms with Gasteiger partial charge in [0.05, 0.1) is 12.7 Å².